The van der Waals surface area contributed by atoms with Gasteiger partial charge in [-0.1, -0.05) is 6.42 Å². The Morgan fingerprint density at radius 1 is 1.38 bits per heavy atom. The molecule has 0 aromatic rings. The van der Waals surface area contributed by atoms with E-state index in [1.165, 1.54) is 0 Å². The van der Waals surface area contributed by atoms with Gasteiger partial charge in [-0.05, 0) is 45.4 Å². The molecule has 0 aromatic heterocycles. The summed E-state index contributed by atoms with van der Waals surface area (Å²) in [6.07, 6.45) is 2.93. The van der Waals surface area contributed by atoms with Gasteiger partial charge < -0.3 is 15.2 Å². The predicted molar refractivity (Wildman–Crippen MR) is 62.2 cm³/mol. The van der Waals surface area contributed by atoms with Crippen molar-refractivity contribution in [3.8, 4) is 0 Å². The van der Waals surface area contributed by atoms with Gasteiger partial charge in [0.1, 0.15) is 5.60 Å². The smallest absolute Gasteiger partial charge is 0.407 e. The lowest BCUT2D eigenvalue weighted by Gasteiger charge is -2.22. The molecule has 2 N–H and O–H groups in total. The van der Waals surface area contributed by atoms with E-state index in [1.54, 1.807) is 0 Å². The Kier molecular flexibility index (Phi) is 4.59. The largest absolute Gasteiger partial charge is 0.444 e. The molecule has 1 aliphatic carbocycles. The van der Waals surface area contributed by atoms with Crippen molar-refractivity contribution < 1.29 is 14.6 Å². The second-order valence-electron chi connectivity index (χ2n) is 5.52. The summed E-state index contributed by atoms with van der Waals surface area (Å²) >= 11 is 0. The SMILES string of the molecule is CC(C)(C)OC(=O)NCC1CCCC1CO. The third kappa shape index (κ3) is 4.39. The van der Waals surface area contributed by atoms with E-state index in [1.807, 2.05) is 20.8 Å². The first-order valence-electron chi connectivity index (χ1n) is 6.00. The van der Waals surface area contributed by atoms with Gasteiger partial charge in [-0.2, -0.15) is 0 Å². The zero-order chi connectivity index (χ0) is 12.2. The number of carbonyl (C=O) groups is 1. The fourth-order valence-corrected chi connectivity index (χ4v) is 2.15. The van der Waals surface area contributed by atoms with Crippen molar-refractivity contribution in [2.75, 3.05) is 13.2 Å². The van der Waals surface area contributed by atoms with Crippen molar-refractivity contribution in [3.05, 3.63) is 0 Å². The molecule has 0 aliphatic heterocycles. The Morgan fingerprint density at radius 3 is 2.56 bits per heavy atom. The number of hydrogen-bond donors (Lipinski definition) is 2. The van der Waals surface area contributed by atoms with Crippen LogP contribution < -0.4 is 5.32 Å². The molecule has 2 atom stereocenters. The van der Waals surface area contributed by atoms with Crippen LogP contribution in [0, 0.1) is 11.8 Å². The topological polar surface area (TPSA) is 58.6 Å². The first-order chi connectivity index (χ1) is 7.42. The number of amides is 1. The summed E-state index contributed by atoms with van der Waals surface area (Å²) in [6, 6.07) is 0. The van der Waals surface area contributed by atoms with Crippen molar-refractivity contribution in [2.45, 2.75) is 45.6 Å². The highest BCUT2D eigenvalue weighted by molar-refractivity contribution is 5.67. The highest BCUT2D eigenvalue weighted by atomic mass is 16.6. The van der Waals surface area contributed by atoms with Gasteiger partial charge in [0.25, 0.3) is 0 Å². The maximum Gasteiger partial charge on any atom is 0.407 e. The van der Waals surface area contributed by atoms with E-state index >= 15 is 0 Å². The Morgan fingerprint density at radius 2 is 2.00 bits per heavy atom. The molecule has 1 saturated carbocycles. The van der Waals surface area contributed by atoms with Crippen molar-refractivity contribution in [1.82, 2.24) is 5.32 Å². The van der Waals surface area contributed by atoms with Gasteiger partial charge in [0.15, 0.2) is 0 Å². The van der Waals surface area contributed by atoms with Crippen LogP contribution >= 0.6 is 0 Å². The van der Waals surface area contributed by atoms with E-state index in [0.717, 1.165) is 19.3 Å². The number of aliphatic hydroxyl groups is 1. The molecular formula is C12H23NO3. The van der Waals surface area contributed by atoms with Crippen molar-refractivity contribution >= 4 is 6.09 Å². The first kappa shape index (κ1) is 13.3. The fraction of sp³-hybridized carbons (Fsp3) is 0.917. The zero-order valence-electron chi connectivity index (χ0n) is 10.5. The number of hydrogen-bond acceptors (Lipinski definition) is 3. The van der Waals surface area contributed by atoms with Crippen LogP contribution in [0.3, 0.4) is 0 Å². The van der Waals surface area contributed by atoms with Crippen LogP contribution in [0.2, 0.25) is 0 Å². The monoisotopic (exact) mass is 229 g/mol. The Labute approximate surface area is 97.4 Å². The van der Waals surface area contributed by atoms with Crippen LogP contribution in [0.4, 0.5) is 4.79 Å². The molecule has 4 heteroatoms. The predicted octanol–water partition coefficient (Wildman–Crippen LogP) is 1.92. The summed E-state index contributed by atoms with van der Waals surface area (Å²) in [5, 5.41) is 11.9. The second kappa shape index (κ2) is 5.53. The molecule has 1 rings (SSSR count). The van der Waals surface area contributed by atoms with E-state index in [4.69, 9.17) is 9.84 Å². The van der Waals surface area contributed by atoms with E-state index in [0.29, 0.717) is 18.4 Å². The Balaban J connectivity index is 2.26. The number of alkyl carbamates (subject to hydrolysis) is 1. The molecule has 1 fully saturated rings. The maximum absolute atomic E-state index is 11.4. The average Bonchev–Trinajstić information content (AvgIpc) is 2.59. The second-order valence-corrected chi connectivity index (χ2v) is 5.52. The van der Waals surface area contributed by atoms with Crippen LogP contribution in [0.25, 0.3) is 0 Å². The first-order valence-corrected chi connectivity index (χ1v) is 6.00. The lowest BCUT2D eigenvalue weighted by molar-refractivity contribution is 0.0511. The molecule has 4 nitrogen and oxygen atoms in total. The standard InChI is InChI=1S/C12H23NO3/c1-12(2,3)16-11(15)13-7-9-5-4-6-10(9)8-14/h9-10,14H,4-8H2,1-3H3,(H,13,15). The number of aliphatic hydroxyl groups excluding tert-OH is 1. The Bertz CT molecular complexity index is 235. The minimum Gasteiger partial charge on any atom is -0.444 e. The molecule has 0 bridgehead atoms. The van der Waals surface area contributed by atoms with Crippen molar-refractivity contribution in [2.24, 2.45) is 11.8 Å². The molecule has 1 aliphatic rings. The number of carbonyl (C=O) groups excluding carboxylic acids is 1. The fourth-order valence-electron chi connectivity index (χ4n) is 2.15. The average molecular weight is 229 g/mol. The van der Waals surface area contributed by atoms with E-state index in [2.05, 4.69) is 5.32 Å². The highest BCUT2D eigenvalue weighted by Gasteiger charge is 2.27. The quantitative estimate of drug-likeness (QED) is 0.777. The van der Waals surface area contributed by atoms with Crippen LogP contribution in [-0.4, -0.2) is 30.0 Å². The third-order valence-electron chi connectivity index (χ3n) is 2.96. The number of rotatable bonds is 3. The van der Waals surface area contributed by atoms with Crippen molar-refractivity contribution in [1.29, 1.82) is 0 Å². The van der Waals surface area contributed by atoms with Gasteiger partial charge in [0, 0.05) is 13.2 Å². The van der Waals surface area contributed by atoms with Gasteiger partial charge in [-0.15, -0.1) is 0 Å². The Hall–Kier alpha value is -0.770. The molecular weight excluding hydrogens is 206 g/mol. The minimum absolute atomic E-state index is 0.223. The number of ether oxygens (including phenoxy) is 1. The normalized spacial score (nSPS) is 25.5. The van der Waals surface area contributed by atoms with Gasteiger partial charge in [-0.25, -0.2) is 4.79 Å². The molecule has 0 spiro atoms. The van der Waals surface area contributed by atoms with E-state index < -0.39 is 5.60 Å². The summed E-state index contributed by atoms with van der Waals surface area (Å²) in [4.78, 5) is 11.4. The van der Waals surface area contributed by atoms with Gasteiger partial charge in [-0.3, -0.25) is 0 Å². The maximum atomic E-state index is 11.4. The highest BCUT2D eigenvalue weighted by Crippen LogP contribution is 2.30. The minimum atomic E-state index is -0.448. The van der Waals surface area contributed by atoms with Crippen LogP contribution in [0.15, 0.2) is 0 Å². The summed E-state index contributed by atoms with van der Waals surface area (Å²) < 4.78 is 5.15. The summed E-state index contributed by atoms with van der Waals surface area (Å²) in [7, 11) is 0. The van der Waals surface area contributed by atoms with Crippen LogP contribution in [0.1, 0.15) is 40.0 Å². The molecule has 0 heterocycles. The molecule has 16 heavy (non-hydrogen) atoms. The van der Waals surface area contributed by atoms with E-state index in [-0.39, 0.29) is 12.7 Å². The van der Waals surface area contributed by atoms with E-state index in [9.17, 15) is 4.79 Å². The third-order valence-corrected chi connectivity index (χ3v) is 2.96. The van der Waals surface area contributed by atoms with Gasteiger partial charge >= 0.3 is 6.09 Å². The molecule has 0 saturated heterocycles. The zero-order valence-corrected chi connectivity index (χ0v) is 10.5. The molecule has 0 radical (unpaired) electrons. The lowest BCUT2D eigenvalue weighted by atomic mass is 9.97. The molecule has 0 aromatic carbocycles. The summed E-state index contributed by atoms with van der Waals surface area (Å²) in [5.74, 6) is 0.743. The van der Waals surface area contributed by atoms with Crippen LogP contribution in [0.5, 0.6) is 0 Å². The summed E-state index contributed by atoms with van der Waals surface area (Å²) in [6.45, 7) is 6.37. The van der Waals surface area contributed by atoms with Crippen LogP contribution in [-0.2, 0) is 4.74 Å². The summed E-state index contributed by atoms with van der Waals surface area (Å²) in [5.41, 5.74) is -0.448. The number of nitrogens with one attached hydrogen (secondary N) is 1. The molecule has 1 amide bonds. The molecule has 94 valence electrons. The van der Waals surface area contributed by atoms with Gasteiger partial charge in [0.05, 0.1) is 0 Å². The van der Waals surface area contributed by atoms with Gasteiger partial charge in [0.2, 0.25) is 0 Å². The van der Waals surface area contributed by atoms with Crippen molar-refractivity contribution in [3.63, 3.8) is 0 Å². The lowest BCUT2D eigenvalue weighted by Crippen LogP contribution is -2.36. The molecule has 2 unspecified atom stereocenters.